The number of nitrogens with one attached hydrogen (secondary N) is 2. The maximum absolute atomic E-state index is 13.0. The highest BCUT2D eigenvalue weighted by Crippen LogP contribution is 2.24. The van der Waals surface area contributed by atoms with E-state index in [4.69, 9.17) is 4.74 Å². The summed E-state index contributed by atoms with van der Waals surface area (Å²) < 4.78 is 8.42. The number of ether oxygens (including phenoxy) is 1. The number of hydrogen-bond donors (Lipinski definition) is 2. The van der Waals surface area contributed by atoms with Crippen LogP contribution in [0.4, 0.5) is 16.3 Å². The molecule has 9 nitrogen and oxygen atoms in total. The molecular weight excluding hydrogens is 559 g/mol. The van der Waals surface area contributed by atoms with Crippen LogP contribution in [0.2, 0.25) is 0 Å². The van der Waals surface area contributed by atoms with E-state index in [1.165, 1.54) is 0 Å². The number of likely N-dealkylation sites (tertiary alicyclic amines) is 1. The van der Waals surface area contributed by atoms with Crippen LogP contribution in [0.25, 0.3) is 5.65 Å². The number of fused-ring (bicyclic) bond motifs is 1. The van der Waals surface area contributed by atoms with Gasteiger partial charge >= 0.3 is 6.09 Å². The molecular formula is C25H31IN6O3. The second-order valence-electron chi connectivity index (χ2n) is 9.69. The SMILES string of the molecule is CCc1cc(Nc2nccn3c(I)cnc23)ccc1C(=O)NCC1CCN(C(=O)OC(C)(C)C)C1. The van der Waals surface area contributed by atoms with Crippen LogP contribution in [0, 0.1) is 9.62 Å². The zero-order valence-electron chi connectivity index (χ0n) is 20.5. The van der Waals surface area contributed by atoms with Gasteiger partial charge in [-0.3, -0.25) is 9.20 Å². The summed E-state index contributed by atoms with van der Waals surface area (Å²) in [5.74, 6) is 0.763. The molecule has 1 aliphatic rings. The van der Waals surface area contributed by atoms with Crippen molar-refractivity contribution in [1.29, 1.82) is 0 Å². The van der Waals surface area contributed by atoms with Crippen molar-refractivity contribution in [3.63, 3.8) is 0 Å². The van der Waals surface area contributed by atoms with Crippen molar-refractivity contribution in [2.75, 3.05) is 25.0 Å². The van der Waals surface area contributed by atoms with Crippen LogP contribution in [0.5, 0.6) is 0 Å². The minimum absolute atomic E-state index is 0.104. The third kappa shape index (κ3) is 6.03. The number of imidazole rings is 1. The molecule has 3 heterocycles. The number of halogens is 1. The maximum atomic E-state index is 13.0. The first-order chi connectivity index (χ1) is 16.6. The smallest absolute Gasteiger partial charge is 0.410 e. The van der Waals surface area contributed by atoms with Crippen LogP contribution >= 0.6 is 22.6 Å². The Morgan fingerprint density at radius 2 is 2.06 bits per heavy atom. The predicted molar refractivity (Wildman–Crippen MR) is 143 cm³/mol. The first kappa shape index (κ1) is 25.2. The minimum Gasteiger partial charge on any atom is -0.444 e. The number of anilines is 2. The monoisotopic (exact) mass is 590 g/mol. The molecule has 0 spiro atoms. The second kappa shape index (κ2) is 10.4. The minimum atomic E-state index is -0.513. The van der Waals surface area contributed by atoms with Gasteiger partial charge < -0.3 is 20.3 Å². The third-order valence-electron chi connectivity index (χ3n) is 5.87. The Morgan fingerprint density at radius 3 is 2.80 bits per heavy atom. The lowest BCUT2D eigenvalue weighted by Gasteiger charge is -2.24. The number of aromatic nitrogens is 3. The molecule has 2 amide bonds. The lowest BCUT2D eigenvalue weighted by atomic mass is 10.0. The fourth-order valence-corrected chi connectivity index (χ4v) is 4.65. The Morgan fingerprint density at radius 1 is 1.26 bits per heavy atom. The molecule has 1 aliphatic heterocycles. The average Bonchev–Trinajstić information content (AvgIpc) is 3.44. The first-order valence-electron chi connectivity index (χ1n) is 11.8. The molecule has 1 unspecified atom stereocenters. The molecule has 35 heavy (non-hydrogen) atoms. The van der Waals surface area contributed by atoms with E-state index in [1.807, 2.05) is 56.5 Å². The van der Waals surface area contributed by atoms with Gasteiger partial charge in [0.1, 0.15) is 9.30 Å². The van der Waals surface area contributed by atoms with Crippen molar-refractivity contribution < 1.29 is 14.3 Å². The summed E-state index contributed by atoms with van der Waals surface area (Å²) in [6, 6.07) is 5.70. The largest absolute Gasteiger partial charge is 0.444 e. The number of aryl methyl sites for hydroxylation is 1. The highest BCUT2D eigenvalue weighted by molar-refractivity contribution is 14.1. The Kier molecular flexibility index (Phi) is 7.48. The lowest BCUT2D eigenvalue weighted by molar-refractivity contribution is 0.0288. The van der Waals surface area contributed by atoms with Gasteiger partial charge in [0, 0.05) is 43.3 Å². The van der Waals surface area contributed by atoms with E-state index >= 15 is 0 Å². The van der Waals surface area contributed by atoms with Crippen molar-refractivity contribution in [3.8, 4) is 0 Å². The zero-order valence-corrected chi connectivity index (χ0v) is 22.6. The average molecular weight is 590 g/mol. The van der Waals surface area contributed by atoms with Gasteiger partial charge in [-0.05, 0) is 85.9 Å². The van der Waals surface area contributed by atoms with Gasteiger partial charge in [-0.25, -0.2) is 14.8 Å². The molecule has 4 rings (SSSR count). The third-order valence-corrected chi connectivity index (χ3v) is 6.66. The first-order valence-corrected chi connectivity index (χ1v) is 12.9. The fourth-order valence-electron chi connectivity index (χ4n) is 4.12. The summed E-state index contributed by atoms with van der Waals surface area (Å²) in [4.78, 5) is 35.8. The van der Waals surface area contributed by atoms with Gasteiger partial charge in [0.2, 0.25) is 0 Å². The second-order valence-corrected chi connectivity index (χ2v) is 10.8. The van der Waals surface area contributed by atoms with Crippen molar-refractivity contribution in [2.45, 2.75) is 46.1 Å². The van der Waals surface area contributed by atoms with Crippen molar-refractivity contribution in [1.82, 2.24) is 24.6 Å². The summed E-state index contributed by atoms with van der Waals surface area (Å²) >= 11 is 2.23. The Balaban J connectivity index is 1.37. The number of carbonyl (C=O) groups is 2. The molecule has 1 fully saturated rings. The molecule has 1 atom stereocenters. The standard InChI is InChI=1S/C25H31IN6O3/c1-5-17-12-18(30-21-22-28-14-20(26)32(22)11-9-27-21)6-7-19(17)23(33)29-13-16-8-10-31(15-16)24(34)35-25(2,3)4/h6-7,9,11-12,14,16H,5,8,10,13,15H2,1-4H3,(H,27,30)(H,29,33). The van der Waals surface area contributed by atoms with E-state index in [2.05, 4.69) is 43.2 Å². The molecule has 3 aromatic rings. The molecule has 186 valence electrons. The summed E-state index contributed by atoms with van der Waals surface area (Å²) in [6.07, 6.45) is 6.66. The summed E-state index contributed by atoms with van der Waals surface area (Å²) in [6.45, 7) is 9.36. The topological polar surface area (TPSA) is 101 Å². The Hall–Kier alpha value is -2.89. The van der Waals surface area contributed by atoms with Gasteiger partial charge in [-0.2, -0.15) is 0 Å². The number of nitrogens with zero attached hydrogens (tertiary/aromatic N) is 4. The highest BCUT2D eigenvalue weighted by atomic mass is 127. The molecule has 1 aromatic carbocycles. The quantitative estimate of drug-likeness (QED) is 0.407. The molecule has 0 saturated carbocycles. The maximum Gasteiger partial charge on any atom is 0.410 e. The highest BCUT2D eigenvalue weighted by Gasteiger charge is 2.30. The van der Waals surface area contributed by atoms with Crippen molar-refractivity contribution >= 4 is 51.7 Å². The summed E-state index contributed by atoms with van der Waals surface area (Å²) in [5.41, 5.74) is 2.68. The van der Waals surface area contributed by atoms with E-state index in [-0.39, 0.29) is 17.9 Å². The summed E-state index contributed by atoms with van der Waals surface area (Å²) in [7, 11) is 0. The van der Waals surface area contributed by atoms with Crippen molar-refractivity contribution in [2.24, 2.45) is 5.92 Å². The lowest BCUT2D eigenvalue weighted by Crippen LogP contribution is -2.36. The van der Waals surface area contributed by atoms with Crippen LogP contribution in [0.15, 0.2) is 36.8 Å². The van der Waals surface area contributed by atoms with Crippen molar-refractivity contribution in [3.05, 3.63) is 51.6 Å². The molecule has 2 aromatic heterocycles. The van der Waals surface area contributed by atoms with Crippen LogP contribution in [-0.4, -0.2) is 56.5 Å². The van der Waals surface area contributed by atoms with E-state index in [0.717, 1.165) is 27.0 Å². The van der Waals surface area contributed by atoms with E-state index in [1.54, 1.807) is 17.3 Å². The van der Waals surface area contributed by atoms with Crippen LogP contribution < -0.4 is 10.6 Å². The van der Waals surface area contributed by atoms with Crippen LogP contribution in [0.1, 0.15) is 50.0 Å². The molecule has 0 aliphatic carbocycles. The van der Waals surface area contributed by atoms with Crippen LogP contribution in [-0.2, 0) is 11.2 Å². The van der Waals surface area contributed by atoms with E-state index < -0.39 is 5.60 Å². The molecule has 0 radical (unpaired) electrons. The number of amides is 2. The molecule has 2 N–H and O–H groups in total. The summed E-state index contributed by atoms with van der Waals surface area (Å²) in [5, 5.41) is 6.39. The Labute approximate surface area is 218 Å². The zero-order chi connectivity index (χ0) is 25.2. The number of carbonyl (C=O) groups excluding carboxylic acids is 2. The van der Waals surface area contributed by atoms with Gasteiger partial charge in [-0.1, -0.05) is 6.92 Å². The van der Waals surface area contributed by atoms with Gasteiger partial charge in [0.25, 0.3) is 5.91 Å². The van der Waals surface area contributed by atoms with E-state index in [0.29, 0.717) is 37.4 Å². The number of hydrogen-bond acceptors (Lipinski definition) is 6. The normalized spacial score (nSPS) is 15.9. The van der Waals surface area contributed by atoms with Crippen LogP contribution in [0.3, 0.4) is 0 Å². The number of rotatable bonds is 6. The van der Waals surface area contributed by atoms with Gasteiger partial charge in [0.05, 0.1) is 6.20 Å². The molecule has 1 saturated heterocycles. The van der Waals surface area contributed by atoms with E-state index in [9.17, 15) is 9.59 Å². The molecule has 10 heteroatoms. The van der Waals surface area contributed by atoms with Gasteiger partial charge in [-0.15, -0.1) is 0 Å². The fraction of sp³-hybridized carbons (Fsp3) is 0.440. The number of benzene rings is 1. The predicted octanol–water partition coefficient (Wildman–Crippen LogP) is 4.63. The Bertz CT molecular complexity index is 1240. The molecule has 0 bridgehead atoms. The van der Waals surface area contributed by atoms with Gasteiger partial charge in [0.15, 0.2) is 11.5 Å².